The summed E-state index contributed by atoms with van der Waals surface area (Å²) in [4.78, 5) is 9.73. The van der Waals surface area contributed by atoms with Gasteiger partial charge >= 0.3 is 0 Å². The van der Waals surface area contributed by atoms with Gasteiger partial charge in [-0.1, -0.05) is 184 Å². The Balaban J connectivity index is 0.00000640. The number of benzene rings is 7. The van der Waals surface area contributed by atoms with Gasteiger partial charge in [-0.05, 0) is 100 Å². The molecule has 1 aliphatic heterocycles. The van der Waals surface area contributed by atoms with Crippen LogP contribution in [0.4, 0.5) is 22.7 Å². The third kappa shape index (κ3) is 8.76. The van der Waals surface area contributed by atoms with Crippen molar-refractivity contribution in [2.24, 2.45) is 0 Å². The predicted molar refractivity (Wildman–Crippen MR) is 297 cm³/mol. The van der Waals surface area contributed by atoms with E-state index >= 15 is 0 Å². The van der Waals surface area contributed by atoms with Crippen molar-refractivity contribution >= 4 is 44.6 Å². The maximum Gasteiger partial charge on any atom is 0.135 e. The third-order valence-electron chi connectivity index (χ3n) is 15.6. The molecule has 0 amide bonds. The van der Waals surface area contributed by atoms with E-state index in [-0.39, 0.29) is 42.7 Å². The molecule has 0 saturated carbocycles. The van der Waals surface area contributed by atoms with Crippen LogP contribution >= 0.6 is 0 Å². The molecule has 72 heavy (non-hydrogen) atoms. The number of fused-ring (bicyclic) bond motifs is 4. The van der Waals surface area contributed by atoms with E-state index < -0.39 is 0 Å². The summed E-state index contributed by atoms with van der Waals surface area (Å²) in [6, 6.07) is 67.3. The summed E-state index contributed by atoms with van der Waals surface area (Å²) < 4.78 is 9.19. The molecular weight excluding hydrogens is 1060 g/mol. The molecule has 0 atom stereocenters. The van der Waals surface area contributed by atoms with Crippen molar-refractivity contribution in [2.45, 2.75) is 117 Å². The van der Waals surface area contributed by atoms with E-state index in [4.69, 9.17) is 9.72 Å². The second-order valence-electron chi connectivity index (χ2n) is 21.4. The summed E-state index contributed by atoms with van der Waals surface area (Å²) in [5, 5.41) is 2.24. The van der Waals surface area contributed by atoms with Crippen molar-refractivity contribution in [2.75, 3.05) is 9.80 Å². The minimum absolute atomic E-state index is 0. The molecule has 5 nitrogen and oxygen atoms in total. The Labute approximate surface area is 443 Å². The van der Waals surface area contributed by atoms with Crippen molar-refractivity contribution in [3.8, 4) is 17.3 Å². The number of aromatic nitrogens is 2. The molecule has 9 aromatic rings. The van der Waals surface area contributed by atoms with Gasteiger partial charge in [0.25, 0.3) is 0 Å². The van der Waals surface area contributed by atoms with E-state index in [0.29, 0.717) is 11.5 Å². The Hall–Kier alpha value is -6.42. The molecular formula is C66H67N4OPt-3. The monoisotopic (exact) mass is 1130 g/mol. The first-order valence-electron chi connectivity index (χ1n) is 25.7. The van der Waals surface area contributed by atoms with Crippen LogP contribution < -0.4 is 14.5 Å². The van der Waals surface area contributed by atoms with Gasteiger partial charge < -0.3 is 19.1 Å². The number of hydrogen-bond acceptors (Lipinski definition) is 4. The van der Waals surface area contributed by atoms with Gasteiger partial charge in [0.2, 0.25) is 0 Å². The summed E-state index contributed by atoms with van der Waals surface area (Å²) in [7, 11) is 0. The fraction of sp³-hybridized carbons (Fsp3) is 0.273. The normalized spacial score (nSPS) is 13.1. The Morgan fingerprint density at radius 2 is 1.06 bits per heavy atom. The maximum atomic E-state index is 6.97. The van der Waals surface area contributed by atoms with E-state index in [1.54, 1.807) is 0 Å². The van der Waals surface area contributed by atoms with E-state index in [1.165, 1.54) is 33.5 Å². The van der Waals surface area contributed by atoms with Crippen LogP contribution in [0.2, 0.25) is 0 Å². The first-order chi connectivity index (χ1) is 34.2. The molecule has 10 rings (SSSR count). The van der Waals surface area contributed by atoms with Gasteiger partial charge in [-0.25, -0.2) is 4.98 Å². The molecule has 1 aliphatic rings. The Kier molecular flexibility index (Phi) is 14.0. The van der Waals surface area contributed by atoms with Crippen LogP contribution in [0, 0.1) is 18.8 Å². The van der Waals surface area contributed by atoms with Gasteiger partial charge in [-0.2, -0.15) is 6.07 Å². The number of para-hydroxylation sites is 4. The van der Waals surface area contributed by atoms with Gasteiger partial charge in [0, 0.05) is 72.2 Å². The molecule has 0 spiro atoms. The van der Waals surface area contributed by atoms with Crippen LogP contribution in [-0.2, 0) is 42.7 Å². The van der Waals surface area contributed by atoms with E-state index in [0.717, 1.165) is 75.9 Å². The first kappa shape index (κ1) is 50.5. The Bertz CT molecular complexity index is 3280. The van der Waals surface area contributed by atoms with E-state index in [1.807, 2.05) is 12.3 Å². The number of nitrogens with zero attached hydrogens (tertiary/aromatic N) is 4. The first-order valence-corrected chi connectivity index (χ1v) is 25.7. The smallest absolute Gasteiger partial charge is 0.135 e. The number of anilines is 4. The third-order valence-corrected chi connectivity index (χ3v) is 15.6. The molecule has 6 heteroatoms. The van der Waals surface area contributed by atoms with Crippen molar-refractivity contribution in [3.05, 3.63) is 222 Å². The van der Waals surface area contributed by atoms with Gasteiger partial charge in [0.05, 0.1) is 0 Å². The van der Waals surface area contributed by atoms with Crippen molar-refractivity contribution in [1.82, 2.24) is 9.55 Å². The summed E-state index contributed by atoms with van der Waals surface area (Å²) in [5.41, 5.74) is 13.3. The second-order valence-corrected chi connectivity index (χ2v) is 21.4. The van der Waals surface area contributed by atoms with E-state index in [9.17, 15) is 0 Å². The Morgan fingerprint density at radius 3 is 1.64 bits per heavy atom. The zero-order valence-electron chi connectivity index (χ0n) is 43.6. The SMILES string of the molecule is CCC(CC)(c1ccccc1)c1cccc(C(CC)(CC)c2ccccc2)c1N1[CH-]N(c2[c-]c(Oc3[c-]c4c(cc3)c3ccccc3n4-c3cc(C(C)(C)C)ccn3)cc(C(C)(C)C)c2)c2ccccc21.[Pt]. The standard InChI is InChI=1S/C66H67N4O.Pt/c1-11-65(12-2,46-26-17-15-18-27-46)55-31-25-32-56(66(13-3,14-4)47-28-19-16-20-29-47)62(55)69-45-68(58-34-23-24-35-59(58)69)50-40-49(64(8,9)10)41-52(43-50)71-51-36-37-54-53-30-21-22-33-57(53)70(60(54)44-51)61-42-48(38-39-67-61)63(5,6)7;/h15-42,45H,11-14H2,1-10H3;/q-3;. The van der Waals surface area contributed by atoms with E-state index in [2.05, 4.69) is 260 Å². The predicted octanol–water partition coefficient (Wildman–Crippen LogP) is 17.8. The van der Waals surface area contributed by atoms with Crippen LogP contribution in [0.5, 0.6) is 11.5 Å². The van der Waals surface area contributed by atoms with Gasteiger partial charge in [0.15, 0.2) is 0 Å². The van der Waals surface area contributed by atoms with Gasteiger partial charge in [-0.15, -0.1) is 53.6 Å². The fourth-order valence-corrected chi connectivity index (χ4v) is 11.4. The number of ether oxygens (including phenoxy) is 1. The maximum absolute atomic E-state index is 6.97. The molecule has 0 N–H and O–H groups in total. The van der Waals surface area contributed by atoms with Crippen molar-refractivity contribution in [1.29, 1.82) is 0 Å². The second kappa shape index (κ2) is 19.9. The van der Waals surface area contributed by atoms with Crippen molar-refractivity contribution in [3.63, 3.8) is 0 Å². The Morgan fingerprint density at radius 1 is 0.500 bits per heavy atom. The molecule has 0 fully saturated rings. The summed E-state index contributed by atoms with van der Waals surface area (Å²) in [6.07, 6.45) is 5.72. The van der Waals surface area contributed by atoms with Crippen LogP contribution in [0.15, 0.2) is 170 Å². The zero-order valence-corrected chi connectivity index (χ0v) is 45.9. The average molecular weight is 1130 g/mol. The quantitative estimate of drug-likeness (QED) is 0.108. The molecule has 0 unspecified atom stereocenters. The molecule has 0 saturated heterocycles. The number of hydrogen-bond donors (Lipinski definition) is 0. The summed E-state index contributed by atoms with van der Waals surface area (Å²) >= 11 is 0. The van der Waals surface area contributed by atoms with Crippen LogP contribution in [-0.4, -0.2) is 9.55 Å². The van der Waals surface area contributed by atoms with Gasteiger partial charge in [0.1, 0.15) is 5.82 Å². The molecule has 0 bridgehead atoms. The van der Waals surface area contributed by atoms with Crippen LogP contribution in [0.25, 0.3) is 27.6 Å². The minimum atomic E-state index is -0.249. The number of pyridine rings is 1. The average Bonchev–Trinajstić information content (AvgIpc) is 3.94. The largest absolute Gasteiger partial charge is 0.509 e. The molecule has 3 heterocycles. The number of rotatable bonds is 13. The van der Waals surface area contributed by atoms with Crippen LogP contribution in [0.1, 0.15) is 128 Å². The summed E-state index contributed by atoms with van der Waals surface area (Å²) in [5.74, 6) is 2.10. The molecule has 0 radical (unpaired) electrons. The van der Waals surface area contributed by atoms with Crippen LogP contribution in [0.3, 0.4) is 0 Å². The molecule has 370 valence electrons. The zero-order chi connectivity index (χ0) is 49.7. The molecule has 0 aliphatic carbocycles. The van der Waals surface area contributed by atoms with Gasteiger partial charge in [-0.3, -0.25) is 0 Å². The minimum Gasteiger partial charge on any atom is -0.509 e. The summed E-state index contributed by atoms with van der Waals surface area (Å²) in [6.45, 7) is 25.2. The van der Waals surface area contributed by atoms with Crippen molar-refractivity contribution < 1.29 is 25.8 Å². The fourth-order valence-electron chi connectivity index (χ4n) is 11.4. The molecule has 7 aromatic carbocycles. The topological polar surface area (TPSA) is 33.5 Å². The molecule has 2 aromatic heterocycles.